The molecule has 0 saturated heterocycles. The fraction of sp³-hybridized carbons (Fsp3) is 0.450. The number of carbonyl (C=O) groups is 2. The summed E-state index contributed by atoms with van der Waals surface area (Å²) in [5, 5.41) is 4.95. The summed E-state index contributed by atoms with van der Waals surface area (Å²) in [4.78, 5) is 33.1. The molecule has 0 fully saturated rings. The van der Waals surface area contributed by atoms with Crippen molar-refractivity contribution in [2.75, 3.05) is 32.5 Å². The van der Waals surface area contributed by atoms with E-state index in [1.807, 2.05) is 63.2 Å². The molecule has 1 N–H and O–H groups in total. The van der Waals surface area contributed by atoms with Gasteiger partial charge in [-0.25, -0.2) is 4.98 Å². The molecule has 0 aliphatic carbocycles. The van der Waals surface area contributed by atoms with E-state index < -0.39 is 0 Å². The number of hydrogen-bond donors (Lipinski definition) is 1. The third kappa shape index (κ3) is 7.11. The number of rotatable bonds is 9. The van der Waals surface area contributed by atoms with Crippen molar-refractivity contribution < 1.29 is 9.59 Å². The smallest absolute Gasteiger partial charge is 0.273 e. The second-order valence-electron chi connectivity index (χ2n) is 7.20. The van der Waals surface area contributed by atoms with Crippen molar-refractivity contribution in [1.82, 2.24) is 14.8 Å². The Kier molecular flexibility index (Phi) is 7.94. The van der Waals surface area contributed by atoms with Gasteiger partial charge in [0.1, 0.15) is 5.69 Å². The van der Waals surface area contributed by atoms with Crippen LogP contribution in [0, 0.1) is 5.92 Å². The van der Waals surface area contributed by atoms with Gasteiger partial charge in [0, 0.05) is 31.4 Å². The predicted molar refractivity (Wildman–Crippen MR) is 110 cm³/mol. The van der Waals surface area contributed by atoms with E-state index in [0.29, 0.717) is 30.3 Å². The number of benzene rings is 1. The molecule has 7 heteroatoms. The Hall–Kier alpha value is -2.25. The molecule has 0 aliphatic heterocycles. The van der Waals surface area contributed by atoms with Crippen LogP contribution in [0.3, 0.4) is 0 Å². The van der Waals surface area contributed by atoms with Crippen LogP contribution in [0.5, 0.6) is 0 Å². The highest BCUT2D eigenvalue weighted by molar-refractivity contribution is 7.14. The van der Waals surface area contributed by atoms with Crippen LogP contribution < -0.4 is 5.32 Å². The Morgan fingerprint density at radius 3 is 2.48 bits per heavy atom. The lowest BCUT2D eigenvalue weighted by molar-refractivity contribution is -0.116. The van der Waals surface area contributed by atoms with Crippen LogP contribution >= 0.6 is 11.3 Å². The minimum absolute atomic E-state index is 0.0768. The van der Waals surface area contributed by atoms with E-state index in [0.717, 1.165) is 12.1 Å². The molecule has 2 amide bonds. The molecule has 0 aliphatic rings. The van der Waals surface area contributed by atoms with Gasteiger partial charge < -0.3 is 15.1 Å². The monoisotopic (exact) mass is 388 g/mol. The lowest BCUT2D eigenvalue weighted by Gasteiger charge is -2.24. The van der Waals surface area contributed by atoms with Crippen molar-refractivity contribution in [1.29, 1.82) is 0 Å². The maximum atomic E-state index is 13.0. The second kappa shape index (κ2) is 10.2. The highest BCUT2D eigenvalue weighted by Crippen LogP contribution is 2.18. The number of amides is 2. The molecule has 0 radical (unpaired) electrons. The zero-order chi connectivity index (χ0) is 19.8. The SMILES string of the molecule is CC(C)CC(=O)Nc1nc(C(=O)N(CCN(C)C)Cc2ccccc2)cs1. The Morgan fingerprint density at radius 1 is 1.15 bits per heavy atom. The molecule has 146 valence electrons. The summed E-state index contributed by atoms with van der Waals surface area (Å²) in [5.41, 5.74) is 1.44. The maximum absolute atomic E-state index is 13.0. The third-order valence-corrected chi connectivity index (χ3v) is 4.64. The van der Waals surface area contributed by atoms with Crippen molar-refractivity contribution in [2.45, 2.75) is 26.8 Å². The summed E-state index contributed by atoms with van der Waals surface area (Å²) in [6.45, 7) is 5.87. The Labute approximate surface area is 165 Å². The summed E-state index contributed by atoms with van der Waals surface area (Å²) >= 11 is 1.28. The van der Waals surface area contributed by atoms with Crippen LogP contribution in [-0.2, 0) is 11.3 Å². The quantitative estimate of drug-likeness (QED) is 0.716. The second-order valence-corrected chi connectivity index (χ2v) is 8.06. The number of anilines is 1. The first-order valence-corrected chi connectivity index (χ1v) is 9.96. The first kappa shape index (κ1) is 21.1. The molecule has 0 atom stereocenters. The number of carbonyl (C=O) groups excluding carboxylic acids is 2. The first-order chi connectivity index (χ1) is 12.8. The van der Waals surface area contributed by atoms with Crippen molar-refractivity contribution in [3.8, 4) is 0 Å². The standard InChI is InChI=1S/C20H28N4O2S/c1-15(2)12-18(25)22-20-21-17(14-27-20)19(26)24(11-10-23(3)4)13-16-8-6-5-7-9-16/h5-9,14-15H,10-13H2,1-4H3,(H,21,22,25). The van der Waals surface area contributed by atoms with E-state index in [-0.39, 0.29) is 17.7 Å². The predicted octanol–water partition coefficient (Wildman–Crippen LogP) is 3.33. The molecule has 1 aromatic heterocycles. The van der Waals surface area contributed by atoms with Crippen LogP contribution in [-0.4, -0.2) is 53.8 Å². The van der Waals surface area contributed by atoms with E-state index >= 15 is 0 Å². The number of nitrogens with zero attached hydrogens (tertiary/aromatic N) is 3. The average molecular weight is 389 g/mol. The Bertz CT molecular complexity index is 743. The van der Waals surface area contributed by atoms with Gasteiger partial charge in [0.2, 0.25) is 5.91 Å². The van der Waals surface area contributed by atoms with Gasteiger partial charge in [-0.3, -0.25) is 9.59 Å². The molecule has 2 aromatic rings. The number of hydrogen-bond acceptors (Lipinski definition) is 5. The van der Waals surface area contributed by atoms with Crippen molar-refractivity contribution >= 4 is 28.3 Å². The number of thiazole rings is 1. The highest BCUT2D eigenvalue weighted by Gasteiger charge is 2.20. The lowest BCUT2D eigenvalue weighted by Crippen LogP contribution is -2.36. The van der Waals surface area contributed by atoms with Crippen LogP contribution in [0.4, 0.5) is 5.13 Å². The number of nitrogens with one attached hydrogen (secondary N) is 1. The summed E-state index contributed by atoms with van der Waals surface area (Å²) in [5.74, 6) is 0.0758. The highest BCUT2D eigenvalue weighted by atomic mass is 32.1. The van der Waals surface area contributed by atoms with Gasteiger partial charge in [-0.05, 0) is 25.6 Å². The molecule has 0 unspecified atom stereocenters. The van der Waals surface area contributed by atoms with Crippen molar-refractivity contribution in [2.24, 2.45) is 5.92 Å². The topological polar surface area (TPSA) is 65.5 Å². The molecule has 2 rings (SSSR count). The number of likely N-dealkylation sites (N-methyl/N-ethyl adjacent to an activating group) is 1. The largest absolute Gasteiger partial charge is 0.332 e. The molecule has 0 bridgehead atoms. The molecular formula is C20H28N4O2S. The first-order valence-electron chi connectivity index (χ1n) is 9.08. The Balaban J connectivity index is 2.08. The van der Waals surface area contributed by atoms with Crippen LogP contribution in [0.25, 0.3) is 0 Å². The molecule has 1 heterocycles. The van der Waals surface area contributed by atoms with E-state index in [2.05, 4.69) is 10.3 Å². The lowest BCUT2D eigenvalue weighted by atomic mass is 10.1. The summed E-state index contributed by atoms with van der Waals surface area (Å²) in [6, 6.07) is 9.91. The minimum atomic E-state index is -0.124. The Morgan fingerprint density at radius 2 is 1.85 bits per heavy atom. The number of aromatic nitrogens is 1. The van der Waals surface area contributed by atoms with E-state index in [4.69, 9.17) is 0 Å². The van der Waals surface area contributed by atoms with Gasteiger partial charge in [0.25, 0.3) is 5.91 Å². The van der Waals surface area contributed by atoms with Crippen LogP contribution in [0.15, 0.2) is 35.7 Å². The molecule has 27 heavy (non-hydrogen) atoms. The summed E-state index contributed by atoms with van der Waals surface area (Å²) in [6.07, 6.45) is 0.436. The zero-order valence-electron chi connectivity index (χ0n) is 16.4. The van der Waals surface area contributed by atoms with Gasteiger partial charge in [0.15, 0.2) is 5.13 Å². The average Bonchev–Trinajstić information content (AvgIpc) is 3.06. The van der Waals surface area contributed by atoms with Crippen LogP contribution in [0.2, 0.25) is 0 Å². The molecule has 0 saturated carbocycles. The molecule has 1 aromatic carbocycles. The van der Waals surface area contributed by atoms with E-state index in [1.54, 1.807) is 10.3 Å². The molecule has 6 nitrogen and oxygen atoms in total. The van der Waals surface area contributed by atoms with Crippen LogP contribution in [0.1, 0.15) is 36.3 Å². The third-order valence-electron chi connectivity index (χ3n) is 3.88. The normalized spacial score (nSPS) is 11.0. The van der Waals surface area contributed by atoms with Crippen molar-refractivity contribution in [3.63, 3.8) is 0 Å². The van der Waals surface area contributed by atoms with E-state index in [1.165, 1.54) is 11.3 Å². The van der Waals surface area contributed by atoms with Gasteiger partial charge in [0.05, 0.1) is 0 Å². The fourth-order valence-electron chi connectivity index (χ4n) is 2.51. The van der Waals surface area contributed by atoms with Gasteiger partial charge >= 0.3 is 0 Å². The minimum Gasteiger partial charge on any atom is -0.332 e. The van der Waals surface area contributed by atoms with E-state index in [9.17, 15) is 9.59 Å². The fourth-order valence-corrected chi connectivity index (χ4v) is 3.21. The summed E-state index contributed by atoms with van der Waals surface area (Å²) in [7, 11) is 3.97. The van der Waals surface area contributed by atoms with Gasteiger partial charge in [-0.1, -0.05) is 44.2 Å². The molecular weight excluding hydrogens is 360 g/mol. The van der Waals surface area contributed by atoms with Crippen molar-refractivity contribution in [3.05, 3.63) is 47.0 Å². The zero-order valence-corrected chi connectivity index (χ0v) is 17.3. The molecule has 0 spiro atoms. The van der Waals surface area contributed by atoms with Gasteiger partial charge in [-0.15, -0.1) is 11.3 Å². The maximum Gasteiger partial charge on any atom is 0.273 e. The summed E-state index contributed by atoms with van der Waals surface area (Å²) < 4.78 is 0. The van der Waals surface area contributed by atoms with Gasteiger partial charge in [-0.2, -0.15) is 0 Å².